The maximum absolute atomic E-state index is 5.27. The van der Waals surface area contributed by atoms with Gasteiger partial charge in [0, 0.05) is 49.7 Å². The quantitative estimate of drug-likeness (QED) is 0.209. The molecule has 4 aromatic rings. The molecule has 5 heteroatoms. The van der Waals surface area contributed by atoms with Gasteiger partial charge in [-0.25, -0.2) is 4.98 Å². The predicted octanol–water partition coefficient (Wildman–Crippen LogP) is 9.17. The van der Waals surface area contributed by atoms with Gasteiger partial charge in [0.15, 0.2) is 0 Å². The van der Waals surface area contributed by atoms with Crippen LogP contribution in [0.15, 0.2) is 65.1 Å². The number of aromatic nitrogens is 4. The Bertz CT molecular complexity index is 1690. The summed E-state index contributed by atoms with van der Waals surface area (Å²) in [4.78, 5) is 17.8. The van der Waals surface area contributed by atoms with Gasteiger partial charge in [0.1, 0.15) is 0 Å². The van der Waals surface area contributed by atoms with Gasteiger partial charge < -0.3 is 9.97 Å². The summed E-state index contributed by atoms with van der Waals surface area (Å²) in [5.74, 6) is 0. The Morgan fingerprint density at radius 3 is 2.39 bits per heavy atom. The van der Waals surface area contributed by atoms with Crippen LogP contribution in [0.4, 0.5) is 0 Å². The molecule has 0 radical (unpaired) electrons. The number of hydrogen-bond donors (Lipinski definition) is 2. The normalized spacial score (nSPS) is 14.2. The minimum absolute atomic E-state index is 0.0812. The number of hydrogen-bond acceptors (Lipinski definition) is 2. The Balaban J connectivity index is 1.73. The van der Waals surface area contributed by atoms with Gasteiger partial charge >= 0.3 is 0 Å². The minimum atomic E-state index is -0.0812. The first-order valence-corrected chi connectivity index (χ1v) is 14.4. The van der Waals surface area contributed by atoms with Crippen LogP contribution in [0.2, 0.25) is 0 Å². The molecule has 4 nitrogen and oxygen atoms in total. The number of halogens is 1. The van der Waals surface area contributed by atoms with Crippen LogP contribution in [0.5, 0.6) is 0 Å². The van der Waals surface area contributed by atoms with Crippen molar-refractivity contribution in [2.75, 3.05) is 0 Å². The summed E-state index contributed by atoms with van der Waals surface area (Å²) in [5, 5.41) is 0. The van der Waals surface area contributed by atoms with Gasteiger partial charge in [-0.3, -0.25) is 4.98 Å². The summed E-state index contributed by atoms with van der Waals surface area (Å²) in [7, 11) is 0. The van der Waals surface area contributed by atoms with E-state index in [9.17, 15) is 0 Å². The fraction of sp³-hybridized carbons (Fsp3) is 0.273. The predicted molar refractivity (Wildman–Crippen MR) is 163 cm³/mol. The highest BCUT2D eigenvalue weighted by atomic mass is 79.9. The number of unbranched alkanes of at least 4 members (excludes halogenated alkanes) is 2. The van der Waals surface area contributed by atoms with E-state index >= 15 is 0 Å². The van der Waals surface area contributed by atoms with Crippen molar-refractivity contribution in [3.63, 3.8) is 0 Å². The van der Waals surface area contributed by atoms with Crippen molar-refractivity contribution in [1.29, 1.82) is 0 Å². The molecular formula is C33H33BrN4. The topological polar surface area (TPSA) is 57.4 Å². The molecule has 2 N–H and O–H groups in total. The molecule has 8 bridgehead atoms. The maximum Gasteiger partial charge on any atom is 0.0734 e. The molecule has 5 heterocycles. The van der Waals surface area contributed by atoms with E-state index in [1.54, 1.807) is 0 Å². The smallest absolute Gasteiger partial charge is 0.0734 e. The summed E-state index contributed by atoms with van der Waals surface area (Å²) in [5.41, 5.74) is 11.9. The zero-order chi connectivity index (χ0) is 26.3. The van der Waals surface area contributed by atoms with Crippen molar-refractivity contribution in [2.24, 2.45) is 0 Å². The molecule has 3 aromatic heterocycles. The van der Waals surface area contributed by atoms with E-state index in [1.165, 1.54) is 18.4 Å². The van der Waals surface area contributed by atoms with Crippen LogP contribution in [-0.2, 0) is 18.3 Å². The van der Waals surface area contributed by atoms with E-state index in [4.69, 9.17) is 9.97 Å². The highest BCUT2D eigenvalue weighted by Crippen LogP contribution is 2.38. The molecule has 2 aliphatic heterocycles. The molecule has 0 atom stereocenters. The van der Waals surface area contributed by atoms with E-state index < -0.39 is 0 Å². The third-order valence-corrected chi connectivity index (χ3v) is 8.25. The Morgan fingerprint density at radius 2 is 1.61 bits per heavy atom. The first-order chi connectivity index (χ1) is 18.4. The SMILES string of the molecule is CCCCCc1c2nc(c(-c3ccccc3)c3nc(cc4ccc(cc5[nH]c1cc5Br)[nH]4)C(C)(C)C3)C=C2. The molecule has 2 aliphatic rings. The molecular weight excluding hydrogens is 532 g/mol. The summed E-state index contributed by atoms with van der Waals surface area (Å²) < 4.78 is 1.05. The van der Waals surface area contributed by atoms with Gasteiger partial charge in [0.25, 0.3) is 0 Å². The first-order valence-electron chi connectivity index (χ1n) is 13.6. The number of fused-ring (bicyclic) bond motifs is 8. The summed E-state index contributed by atoms with van der Waals surface area (Å²) in [6.07, 6.45) is 9.72. The van der Waals surface area contributed by atoms with Crippen LogP contribution < -0.4 is 0 Å². The van der Waals surface area contributed by atoms with Crippen molar-refractivity contribution in [1.82, 2.24) is 19.9 Å². The lowest BCUT2D eigenvalue weighted by Gasteiger charge is -2.16. The van der Waals surface area contributed by atoms with Gasteiger partial charge in [-0.15, -0.1) is 0 Å². The van der Waals surface area contributed by atoms with Crippen LogP contribution in [0.1, 0.15) is 68.4 Å². The molecule has 0 saturated heterocycles. The van der Waals surface area contributed by atoms with E-state index in [1.807, 2.05) is 0 Å². The van der Waals surface area contributed by atoms with Gasteiger partial charge in [-0.1, -0.05) is 63.9 Å². The van der Waals surface area contributed by atoms with Crippen molar-refractivity contribution in [3.8, 4) is 11.1 Å². The molecule has 0 saturated carbocycles. The third kappa shape index (κ3) is 4.76. The van der Waals surface area contributed by atoms with Gasteiger partial charge in [0.05, 0.1) is 22.6 Å². The zero-order valence-electron chi connectivity index (χ0n) is 22.2. The van der Waals surface area contributed by atoms with E-state index in [0.717, 1.165) is 79.7 Å². The summed E-state index contributed by atoms with van der Waals surface area (Å²) in [6, 6.07) is 21.4. The standard InChI is InChI=1S/C33H33BrN4/c1-4-5-7-12-24-26-15-16-27(36-26)32(21-10-8-6-9-11-21)30-20-33(2,3)31(38-30)18-23-14-13-22(35-23)17-29-25(34)19-28(24)37-29/h6,8-11,13-19,35,37H,4-5,7,12,20H2,1-3H3. The van der Waals surface area contributed by atoms with E-state index in [2.05, 4.69) is 119 Å². The number of aryl methyl sites for hydroxylation is 1. The average Bonchev–Trinajstić information content (AvgIpc) is 3.67. The molecule has 0 spiro atoms. The third-order valence-electron chi connectivity index (χ3n) is 7.59. The Kier molecular flexibility index (Phi) is 6.56. The molecule has 192 valence electrons. The largest absolute Gasteiger partial charge is 0.355 e. The molecule has 0 amide bonds. The summed E-state index contributed by atoms with van der Waals surface area (Å²) in [6.45, 7) is 6.81. The minimum Gasteiger partial charge on any atom is -0.355 e. The van der Waals surface area contributed by atoms with E-state index in [0.29, 0.717) is 0 Å². The average molecular weight is 566 g/mol. The number of aromatic amines is 2. The van der Waals surface area contributed by atoms with E-state index in [-0.39, 0.29) is 5.41 Å². The number of nitrogens with one attached hydrogen (secondary N) is 2. The fourth-order valence-corrected chi connectivity index (χ4v) is 5.96. The van der Waals surface area contributed by atoms with Crippen LogP contribution in [0, 0.1) is 0 Å². The molecule has 0 aliphatic carbocycles. The Labute approximate surface area is 232 Å². The Hall–Kier alpha value is -3.44. The van der Waals surface area contributed by atoms with Crippen LogP contribution in [0.3, 0.4) is 0 Å². The van der Waals surface area contributed by atoms with Crippen LogP contribution in [-0.4, -0.2) is 19.9 Å². The lowest BCUT2D eigenvalue weighted by Crippen LogP contribution is -2.15. The fourth-order valence-electron chi connectivity index (χ4n) is 5.52. The Morgan fingerprint density at radius 1 is 0.842 bits per heavy atom. The molecule has 38 heavy (non-hydrogen) atoms. The van der Waals surface area contributed by atoms with Gasteiger partial charge in [-0.05, 0) is 76.8 Å². The molecule has 0 fully saturated rings. The molecule has 0 unspecified atom stereocenters. The van der Waals surface area contributed by atoms with Crippen molar-refractivity contribution >= 4 is 50.1 Å². The van der Waals surface area contributed by atoms with Gasteiger partial charge in [0.2, 0.25) is 0 Å². The summed E-state index contributed by atoms with van der Waals surface area (Å²) >= 11 is 3.80. The second-order valence-corrected chi connectivity index (χ2v) is 11.9. The lowest BCUT2D eigenvalue weighted by atomic mass is 9.85. The van der Waals surface area contributed by atoms with Crippen molar-refractivity contribution in [3.05, 3.63) is 93.5 Å². The second kappa shape index (κ2) is 10.0. The van der Waals surface area contributed by atoms with Crippen LogP contribution in [0.25, 0.3) is 45.3 Å². The molecule has 6 rings (SSSR count). The number of benzene rings is 1. The lowest BCUT2D eigenvalue weighted by molar-refractivity contribution is 0.544. The van der Waals surface area contributed by atoms with Gasteiger partial charge in [-0.2, -0.15) is 0 Å². The number of rotatable bonds is 5. The number of H-pyrrole nitrogens is 2. The second-order valence-electron chi connectivity index (χ2n) is 11.0. The molecule has 1 aromatic carbocycles. The zero-order valence-corrected chi connectivity index (χ0v) is 23.8. The maximum atomic E-state index is 5.27. The highest BCUT2D eigenvalue weighted by Gasteiger charge is 2.31. The highest BCUT2D eigenvalue weighted by molar-refractivity contribution is 9.10. The van der Waals surface area contributed by atoms with Crippen molar-refractivity contribution < 1.29 is 0 Å². The number of nitrogens with zero attached hydrogens (tertiary/aromatic N) is 2. The van der Waals surface area contributed by atoms with Crippen molar-refractivity contribution in [2.45, 2.75) is 58.3 Å². The van der Waals surface area contributed by atoms with Crippen LogP contribution >= 0.6 is 15.9 Å². The monoisotopic (exact) mass is 564 g/mol. The first kappa shape index (κ1) is 24.9.